The van der Waals surface area contributed by atoms with Gasteiger partial charge in [-0.05, 0) is 18.6 Å². The number of nitrogen functional groups attached to an aromatic ring is 1. The third kappa shape index (κ3) is 3.21. The molecule has 1 aromatic carbocycles. The Hall–Kier alpha value is -2.04. The van der Waals surface area contributed by atoms with Crippen molar-refractivity contribution in [3.05, 3.63) is 29.3 Å². The van der Waals surface area contributed by atoms with Gasteiger partial charge in [0.15, 0.2) is 0 Å². The van der Waals surface area contributed by atoms with Gasteiger partial charge in [0.1, 0.15) is 0 Å². The van der Waals surface area contributed by atoms with Crippen molar-refractivity contribution in [1.82, 2.24) is 0 Å². The second kappa shape index (κ2) is 5.89. The van der Waals surface area contributed by atoms with Crippen molar-refractivity contribution < 1.29 is 19.4 Å². The number of anilines is 1. The van der Waals surface area contributed by atoms with E-state index in [-0.39, 0.29) is 16.8 Å². The second-order valence-electron chi connectivity index (χ2n) is 3.56. The van der Waals surface area contributed by atoms with E-state index in [0.29, 0.717) is 6.61 Å². The van der Waals surface area contributed by atoms with Crippen LogP contribution in [-0.4, -0.2) is 23.7 Å². The first-order valence-corrected chi connectivity index (χ1v) is 5.36. The SMILES string of the molecule is CCCCOC(=O)c1cccc(C(=O)O)c1N. The molecule has 0 heterocycles. The minimum atomic E-state index is -1.16. The van der Waals surface area contributed by atoms with Crippen LogP contribution in [0.4, 0.5) is 5.69 Å². The summed E-state index contributed by atoms with van der Waals surface area (Å²) in [4.78, 5) is 22.4. The summed E-state index contributed by atoms with van der Waals surface area (Å²) in [5.74, 6) is -1.75. The van der Waals surface area contributed by atoms with Crippen molar-refractivity contribution in [3.8, 4) is 0 Å². The topological polar surface area (TPSA) is 89.6 Å². The zero-order valence-electron chi connectivity index (χ0n) is 9.60. The highest BCUT2D eigenvalue weighted by Crippen LogP contribution is 2.18. The van der Waals surface area contributed by atoms with E-state index in [2.05, 4.69) is 0 Å². The number of ether oxygens (including phenoxy) is 1. The number of carbonyl (C=O) groups is 2. The second-order valence-corrected chi connectivity index (χ2v) is 3.56. The van der Waals surface area contributed by atoms with Gasteiger partial charge in [-0.1, -0.05) is 19.4 Å². The standard InChI is InChI=1S/C12H15NO4/c1-2-3-7-17-12(16)9-6-4-5-8(10(9)13)11(14)15/h4-6H,2-3,7,13H2,1H3,(H,14,15). The summed E-state index contributed by atoms with van der Waals surface area (Å²) in [7, 11) is 0. The Balaban J connectivity index is 2.87. The average molecular weight is 237 g/mol. The number of hydrogen-bond donors (Lipinski definition) is 2. The van der Waals surface area contributed by atoms with Crippen molar-refractivity contribution in [1.29, 1.82) is 0 Å². The van der Waals surface area contributed by atoms with Crippen LogP contribution < -0.4 is 5.73 Å². The normalized spacial score (nSPS) is 9.94. The fraction of sp³-hybridized carbons (Fsp3) is 0.333. The lowest BCUT2D eigenvalue weighted by Crippen LogP contribution is -2.12. The van der Waals surface area contributed by atoms with Crippen molar-refractivity contribution in [3.63, 3.8) is 0 Å². The Morgan fingerprint density at radius 1 is 1.35 bits per heavy atom. The van der Waals surface area contributed by atoms with Crippen LogP contribution in [0.2, 0.25) is 0 Å². The number of carbonyl (C=O) groups excluding carboxylic acids is 1. The molecule has 0 radical (unpaired) electrons. The molecule has 5 heteroatoms. The largest absolute Gasteiger partial charge is 0.478 e. The molecule has 0 spiro atoms. The van der Waals surface area contributed by atoms with E-state index in [4.69, 9.17) is 15.6 Å². The molecule has 5 nitrogen and oxygen atoms in total. The quantitative estimate of drug-likeness (QED) is 0.464. The molecular formula is C12H15NO4. The van der Waals surface area contributed by atoms with Crippen LogP contribution >= 0.6 is 0 Å². The van der Waals surface area contributed by atoms with Crippen molar-refractivity contribution in [2.45, 2.75) is 19.8 Å². The number of unbranched alkanes of at least 4 members (excludes halogenated alkanes) is 1. The highest BCUT2D eigenvalue weighted by molar-refractivity contribution is 6.02. The fourth-order valence-electron chi connectivity index (χ4n) is 1.32. The number of benzene rings is 1. The smallest absolute Gasteiger partial charge is 0.340 e. The number of rotatable bonds is 5. The van der Waals surface area contributed by atoms with Gasteiger partial charge in [0.25, 0.3) is 0 Å². The summed E-state index contributed by atoms with van der Waals surface area (Å²) >= 11 is 0. The molecule has 0 bridgehead atoms. The average Bonchev–Trinajstić information content (AvgIpc) is 2.29. The number of hydrogen-bond acceptors (Lipinski definition) is 4. The maximum absolute atomic E-state index is 11.6. The predicted molar refractivity (Wildman–Crippen MR) is 63.0 cm³/mol. The van der Waals surface area contributed by atoms with Crippen molar-refractivity contribution in [2.75, 3.05) is 12.3 Å². The van der Waals surface area contributed by atoms with E-state index in [9.17, 15) is 9.59 Å². The number of esters is 1. The lowest BCUT2D eigenvalue weighted by molar-refractivity contribution is 0.0501. The molecule has 0 amide bonds. The lowest BCUT2D eigenvalue weighted by atomic mass is 10.1. The molecule has 3 N–H and O–H groups in total. The molecule has 1 aromatic rings. The monoisotopic (exact) mass is 237 g/mol. The Kier molecular flexibility index (Phi) is 4.51. The van der Waals surface area contributed by atoms with E-state index in [1.807, 2.05) is 6.92 Å². The van der Waals surface area contributed by atoms with E-state index in [1.54, 1.807) is 0 Å². The van der Waals surface area contributed by atoms with E-state index >= 15 is 0 Å². The molecule has 17 heavy (non-hydrogen) atoms. The number of para-hydroxylation sites is 1. The van der Waals surface area contributed by atoms with Crippen LogP contribution in [0.1, 0.15) is 40.5 Å². The van der Waals surface area contributed by atoms with Gasteiger partial charge in [-0.3, -0.25) is 0 Å². The maximum atomic E-state index is 11.6. The summed E-state index contributed by atoms with van der Waals surface area (Å²) in [5.41, 5.74) is 5.56. The molecule has 0 atom stereocenters. The number of carboxylic acids is 1. The molecule has 0 aliphatic carbocycles. The van der Waals surface area contributed by atoms with Gasteiger partial charge in [0.2, 0.25) is 0 Å². The van der Waals surface area contributed by atoms with Gasteiger partial charge in [0.05, 0.1) is 23.4 Å². The van der Waals surface area contributed by atoms with Gasteiger partial charge in [-0.15, -0.1) is 0 Å². The van der Waals surface area contributed by atoms with Gasteiger partial charge in [0, 0.05) is 0 Å². The molecular weight excluding hydrogens is 222 g/mol. The zero-order chi connectivity index (χ0) is 12.8. The van der Waals surface area contributed by atoms with Crippen LogP contribution in [0.3, 0.4) is 0 Å². The first kappa shape index (κ1) is 13.0. The maximum Gasteiger partial charge on any atom is 0.340 e. The predicted octanol–water partition coefficient (Wildman–Crippen LogP) is 1.92. The summed E-state index contributed by atoms with van der Waals surface area (Å²) < 4.78 is 4.97. The Labute approximate surface area is 99.2 Å². The Morgan fingerprint density at radius 2 is 2.00 bits per heavy atom. The van der Waals surface area contributed by atoms with Crippen LogP contribution in [0.25, 0.3) is 0 Å². The van der Waals surface area contributed by atoms with E-state index in [1.165, 1.54) is 18.2 Å². The lowest BCUT2D eigenvalue weighted by Gasteiger charge is -2.08. The minimum Gasteiger partial charge on any atom is -0.478 e. The summed E-state index contributed by atoms with van der Waals surface area (Å²) in [5, 5.41) is 8.85. The number of carboxylic acid groups (broad SMARTS) is 1. The number of nitrogens with two attached hydrogens (primary N) is 1. The van der Waals surface area contributed by atoms with Crippen LogP contribution in [0.5, 0.6) is 0 Å². The van der Waals surface area contributed by atoms with Gasteiger partial charge in [-0.25, -0.2) is 9.59 Å². The molecule has 92 valence electrons. The third-order valence-electron chi connectivity index (χ3n) is 2.29. The molecule has 1 rings (SSSR count). The first-order valence-electron chi connectivity index (χ1n) is 5.36. The molecule has 0 unspecified atom stereocenters. The van der Waals surface area contributed by atoms with E-state index < -0.39 is 11.9 Å². The highest BCUT2D eigenvalue weighted by atomic mass is 16.5. The first-order chi connectivity index (χ1) is 8.07. The summed E-state index contributed by atoms with van der Waals surface area (Å²) in [6, 6.07) is 4.27. The highest BCUT2D eigenvalue weighted by Gasteiger charge is 2.16. The third-order valence-corrected chi connectivity index (χ3v) is 2.29. The summed E-state index contributed by atoms with van der Waals surface area (Å²) in [6.07, 6.45) is 1.68. The van der Waals surface area contributed by atoms with Crippen molar-refractivity contribution in [2.24, 2.45) is 0 Å². The van der Waals surface area contributed by atoms with E-state index in [0.717, 1.165) is 12.8 Å². The molecule has 0 saturated heterocycles. The summed E-state index contributed by atoms with van der Waals surface area (Å²) in [6.45, 7) is 2.29. The molecule has 0 aliphatic rings. The minimum absolute atomic E-state index is 0.0542. The van der Waals surface area contributed by atoms with Crippen LogP contribution in [0, 0.1) is 0 Å². The van der Waals surface area contributed by atoms with Crippen molar-refractivity contribution >= 4 is 17.6 Å². The molecule has 0 aromatic heterocycles. The Bertz CT molecular complexity index is 429. The van der Waals surface area contributed by atoms with Crippen LogP contribution in [-0.2, 0) is 4.74 Å². The molecule has 0 fully saturated rings. The van der Waals surface area contributed by atoms with Gasteiger partial charge < -0.3 is 15.6 Å². The van der Waals surface area contributed by atoms with Crippen LogP contribution in [0.15, 0.2) is 18.2 Å². The van der Waals surface area contributed by atoms with Gasteiger partial charge >= 0.3 is 11.9 Å². The fourth-order valence-corrected chi connectivity index (χ4v) is 1.32. The Morgan fingerprint density at radius 3 is 2.59 bits per heavy atom. The van der Waals surface area contributed by atoms with Gasteiger partial charge in [-0.2, -0.15) is 0 Å². The molecule has 0 aliphatic heterocycles. The zero-order valence-corrected chi connectivity index (χ0v) is 9.60. The molecule has 0 saturated carbocycles. The number of aromatic carboxylic acids is 1.